The molecule has 28 heavy (non-hydrogen) atoms. The van der Waals surface area contributed by atoms with Crippen LogP contribution in [0.25, 0.3) is 11.3 Å². The molecule has 7 heteroatoms. The van der Waals surface area contributed by atoms with E-state index in [1.807, 2.05) is 30.3 Å². The third-order valence-electron chi connectivity index (χ3n) is 3.97. The summed E-state index contributed by atoms with van der Waals surface area (Å²) in [6, 6.07) is 16.3. The zero-order chi connectivity index (χ0) is 20.1. The summed E-state index contributed by atoms with van der Waals surface area (Å²) >= 11 is 1.16. The van der Waals surface area contributed by atoms with E-state index in [-0.39, 0.29) is 17.6 Å². The minimum Gasteiger partial charge on any atom is -0.352 e. The summed E-state index contributed by atoms with van der Waals surface area (Å²) in [4.78, 5) is 40.4. The topological polar surface area (TPSA) is 88.2 Å². The number of carbonyl (C=O) groups is 3. The predicted octanol–water partition coefficient (Wildman–Crippen LogP) is 3.90. The monoisotopic (exact) mass is 393 g/mol. The van der Waals surface area contributed by atoms with Crippen molar-refractivity contribution in [2.45, 2.75) is 20.4 Å². The highest BCUT2D eigenvalue weighted by molar-refractivity contribution is 7.18. The highest BCUT2D eigenvalue weighted by atomic mass is 32.1. The van der Waals surface area contributed by atoms with E-state index in [2.05, 4.69) is 15.6 Å². The Kier molecular flexibility index (Phi) is 5.96. The van der Waals surface area contributed by atoms with Gasteiger partial charge in [-0.2, -0.15) is 0 Å². The van der Waals surface area contributed by atoms with Crippen molar-refractivity contribution in [3.8, 4) is 11.3 Å². The van der Waals surface area contributed by atoms with Crippen LogP contribution in [-0.2, 0) is 11.3 Å². The van der Waals surface area contributed by atoms with Gasteiger partial charge in [-0.05, 0) is 17.7 Å². The number of anilines is 1. The number of Topliss-reactive ketones (excluding diaryl/α,β-unsaturated/α-hetero) is 1. The van der Waals surface area contributed by atoms with Crippen LogP contribution in [0.5, 0.6) is 0 Å². The second-order valence-corrected chi connectivity index (χ2v) is 7.18. The zero-order valence-electron chi connectivity index (χ0n) is 15.5. The second-order valence-electron chi connectivity index (χ2n) is 6.18. The Morgan fingerprint density at radius 3 is 2.25 bits per heavy atom. The summed E-state index contributed by atoms with van der Waals surface area (Å²) in [5.41, 5.74) is 2.75. The van der Waals surface area contributed by atoms with Gasteiger partial charge in [-0.1, -0.05) is 53.8 Å². The minimum atomic E-state index is -0.311. The minimum absolute atomic E-state index is 0.0980. The van der Waals surface area contributed by atoms with Crippen LogP contribution in [0.3, 0.4) is 0 Å². The molecule has 0 saturated carbocycles. The molecule has 2 N–H and O–H groups in total. The maximum atomic E-state index is 12.5. The molecule has 2 amide bonds. The maximum absolute atomic E-state index is 12.5. The van der Waals surface area contributed by atoms with Gasteiger partial charge in [0.1, 0.15) is 0 Å². The van der Waals surface area contributed by atoms with Crippen LogP contribution >= 0.6 is 11.3 Å². The van der Waals surface area contributed by atoms with Gasteiger partial charge in [0.15, 0.2) is 10.9 Å². The van der Waals surface area contributed by atoms with Gasteiger partial charge in [-0.25, -0.2) is 4.98 Å². The standard InChI is InChI=1S/C21H19N3O3S/c1-13(25)19-18(16-6-4-3-5-7-16)23-21(28-19)24-20(27)17-10-8-15(9-11-17)12-22-14(2)26/h3-11H,12H2,1-2H3,(H,22,26)(H,23,24,27). The number of aromatic nitrogens is 1. The largest absolute Gasteiger partial charge is 0.352 e. The average Bonchev–Trinajstić information content (AvgIpc) is 3.11. The number of hydrogen-bond donors (Lipinski definition) is 2. The Hall–Kier alpha value is -3.32. The highest BCUT2D eigenvalue weighted by Gasteiger charge is 2.18. The van der Waals surface area contributed by atoms with E-state index in [0.29, 0.717) is 27.8 Å². The Labute approximate surface area is 166 Å². The van der Waals surface area contributed by atoms with Crippen molar-refractivity contribution in [1.29, 1.82) is 0 Å². The average molecular weight is 393 g/mol. The molecule has 0 saturated heterocycles. The third kappa shape index (κ3) is 4.69. The molecule has 1 heterocycles. The van der Waals surface area contributed by atoms with Crippen LogP contribution in [0, 0.1) is 0 Å². The van der Waals surface area contributed by atoms with Gasteiger partial charge in [0, 0.05) is 31.5 Å². The van der Waals surface area contributed by atoms with E-state index in [9.17, 15) is 14.4 Å². The molecule has 1 aromatic heterocycles. The van der Waals surface area contributed by atoms with Gasteiger partial charge in [-0.15, -0.1) is 0 Å². The molecule has 3 aromatic rings. The normalized spacial score (nSPS) is 10.4. The lowest BCUT2D eigenvalue weighted by molar-refractivity contribution is -0.119. The molecular weight excluding hydrogens is 374 g/mol. The lowest BCUT2D eigenvalue weighted by Gasteiger charge is -2.05. The highest BCUT2D eigenvalue weighted by Crippen LogP contribution is 2.31. The molecule has 0 fully saturated rings. The first-order valence-electron chi connectivity index (χ1n) is 8.66. The number of hydrogen-bond acceptors (Lipinski definition) is 5. The fourth-order valence-electron chi connectivity index (χ4n) is 2.57. The Morgan fingerprint density at radius 2 is 1.64 bits per heavy atom. The number of nitrogens with zero attached hydrogens (tertiary/aromatic N) is 1. The van der Waals surface area contributed by atoms with Crippen molar-refractivity contribution in [1.82, 2.24) is 10.3 Å². The molecule has 0 aliphatic heterocycles. The van der Waals surface area contributed by atoms with Crippen LogP contribution in [0.1, 0.15) is 39.4 Å². The summed E-state index contributed by atoms with van der Waals surface area (Å²) < 4.78 is 0. The van der Waals surface area contributed by atoms with Crippen LogP contribution in [0.2, 0.25) is 0 Å². The molecule has 0 spiro atoms. The molecule has 6 nitrogen and oxygen atoms in total. The summed E-state index contributed by atoms with van der Waals surface area (Å²) in [6.07, 6.45) is 0. The van der Waals surface area contributed by atoms with Crippen LogP contribution in [0.4, 0.5) is 5.13 Å². The molecule has 0 bridgehead atoms. The van der Waals surface area contributed by atoms with Crippen molar-refractivity contribution in [2.75, 3.05) is 5.32 Å². The summed E-state index contributed by atoms with van der Waals surface area (Å²) in [6.45, 7) is 3.35. The van der Waals surface area contributed by atoms with E-state index >= 15 is 0 Å². The molecule has 0 unspecified atom stereocenters. The zero-order valence-corrected chi connectivity index (χ0v) is 16.3. The summed E-state index contributed by atoms with van der Waals surface area (Å²) in [5.74, 6) is -0.519. The molecule has 2 aromatic carbocycles. The number of thiazole rings is 1. The Morgan fingerprint density at radius 1 is 0.964 bits per heavy atom. The SMILES string of the molecule is CC(=O)NCc1ccc(C(=O)Nc2nc(-c3ccccc3)c(C(C)=O)s2)cc1. The smallest absolute Gasteiger partial charge is 0.257 e. The van der Waals surface area contributed by atoms with Crippen molar-refractivity contribution >= 4 is 34.1 Å². The first-order chi connectivity index (χ1) is 13.4. The lowest BCUT2D eigenvalue weighted by Crippen LogP contribution is -2.19. The van der Waals surface area contributed by atoms with Gasteiger partial charge < -0.3 is 5.32 Å². The maximum Gasteiger partial charge on any atom is 0.257 e. The van der Waals surface area contributed by atoms with E-state index in [1.165, 1.54) is 13.8 Å². The number of carbonyl (C=O) groups excluding carboxylic acids is 3. The van der Waals surface area contributed by atoms with Crippen LogP contribution < -0.4 is 10.6 Å². The molecule has 3 rings (SSSR count). The van der Waals surface area contributed by atoms with Crippen molar-refractivity contribution in [2.24, 2.45) is 0 Å². The van der Waals surface area contributed by atoms with Gasteiger partial charge in [0.05, 0.1) is 10.6 Å². The molecule has 142 valence electrons. The van der Waals surface area contributed by atoms with Gasteiger partial charge in [-0.3, -0.25) is 19.7 Å². The van der Waals surface area contributed by atoms with Gasteiger partial charge in [0.2, 0.25) is 5.91 Å². The quantitative estimate of drug-likeness (QED) is 0.622. The van der Waals surface area contributed by atoms with E-state index in [1.54, 1.807) is 24.3 Å². The number of amides is 2. The second kappa shape index (κ2) is 8.58. The van der Waals surface area contributed by atoms with Gasteiger partial charge >= 0.3 is 0 Å². The number of nitrogens with one attached hydrogen (secondary N) is 2. The van der Waals surface area contributed by atoms with E-state index in [4.69, 9.17) is 0 Å². The third-order valence-corrected chi connectivity index (χ3v) is 5.04. The number of rotatable bonds is 6. The predicted molar refractivity (Wildman–Crippen MR) is 109 cm³/mol. The molecule has 0 radical (unpaired) electrons. The lowest BCUT2D eigenvalue weighted by atomic mass is 10.1. The fraction of sp³-hybridized carbons (Fsp3) is 0.143. The molecule has 0 aliphatic carbocycles. The first kappa shape index (κ1) is 19.4. The molecular formula is C21H19N3O3S. The van der Waals surface area contributed by atoms with Gasteiger partial charge in [0.25, 0.3) is 5.91 Å². The number of ketones is 1. The molecule has 0 aliphatic rings. The van der Waals surface area contributed by atoms with Crippen molar-refractivity contribution < 1.29 is 14.4 Å². The van der Waals surface area contributed by atoms with Crippen molar-refractivity contribution in [3.05, 3.63) is 70.6 Å². The molecule has 0 atom stereocenters. The Balaban J connectivity index is 1.77. The van der Waals surface area contributed by atoms with Crippen molar-refractivity contribution in [3.63, 3.8) is 0 Å². The number of benzene rings is 2. The van der Waals surface area contributed by atoms with Crippen LogP contribution in [0.15, 0.2) is 54.6 Å². The van der Waals surface area contributed by atoms with E-state index in [0.717, 1.165) is 22.5 Å². The first-order valence-corrected chi connectivity index (χ1v) is 9.47. The van der Waals surface area contributed by atoms with Crippen LogP contribution in [-0.4, -0.2) is 22.6 Å². The van der Waals surface area contributed by atoms with E-state index < -0.39 is 0 Å². The summed E-state index contributed by atoms with van der Waals surface area (Å²) in [5, 5.41) is 5.84. The summed E-state index contributed by atoms with van der Waals surface area (Å²) in [7, 11) is 0. The fourth-order valence-corrected chi connectivity index (χ4v) is 3.45. The Bertz CT molecular complexity index is 1010.